The van der Waals surface area contributed by atoms with Crippen LogP contribution in [0, 0.1) is 5.92 Å². The van der Waals surface area contributed by atoms with Gasteiger partial charge in [0.05, 0.1) is 0 Å². The third kappa shape index (κ3) is 2.25. The molecule has 0 aromatic rings. The van der Waals surface area contributed by atoms with Crippen LogP contribution in [-0.2, 0) is 0 Å². The van der Waals surface area contributed by atoms with Crippen LogP contribution in [0.25, 0.3) is 0 Å². The zero-order valence-electron chi connectivity index (χ0n) is 5.69. The monoisotopic (exact) mass is 128 g/mol. The molecule has 0 rings (SSSR count). The van der Waals surface area contributed by atoms with Crippen LogP contribution in [0.2, 0.25) is 0 Å². The van der Waals surface area contributed by atoms with E-state index in [4.69, 9.17) is 0 Å². The van der Waals surface area contributed by atoms with Crippen LogP contribution in [0.1, 0.15) is 13.8 Å². The lowest BCUT2D eigenvalue weighted by atomic mass is 10.2. The van der Waals surface area contributed by atoms with Crippen molar-refractivity contribution in [1.29, 1.82) is 0 Å². The predicted octanol–water partition coefficient (Wildman–Crippen LogP) is 2.67. The van der Waals surface area contributed by atoms with Crippen LogP contribution in [0.4, 0.5) is 0 Å². The minimum Gasteiger partial charge on any atom is -0.125 e. The number of hydrogen-bond acceptors (Lipinski definition) is 1. The third-order valence-electron chi connectivity index (χ3n) is 0.919. The van der Waals surface area contributed by atoms with Gasteiger partial charge in [-0.25, -0.2) is 0 Å². The van der Waals surface area contributed by atoms with E-state index < -0.39 is 0 Å². The fourth-order valence-electron chi connectivity index (χ4n) is 0.512. The number of rotatable bonds is 2. The molecule has 0 aromatic heterocycles. The Morgan fingerprint density at radius 1 is 1.62 bits per heavy atom. The molecule has 46 valence electrons. The Labute approximate surface area is 55.7 Å². The summed E-state index contributed by atoms with van der Waals surface area (Å²) < 4.78 is 0. The second-order valence-corrected chi connectivity index (χ2v) is 2.75. The van der Waals surface area contributed by atoms with Gasteiger partial charge in [0, 0.05) is 4.91 Å². The molecule has 0 atom stereocenters. The van der Waals surface area contributed by atoms with Gasteiger partial charge in [-0.2, -0.15) is 0 Å². The Morgan fingerprint density at radius 3 is 2.12 bits per heavy atom. The molecule has 0 aliphatic rings. The molecule has 0 heterocycles. The summed E-state index contributed by atoms with van der Waals surface area (Å²) in [4.78, 5) is 1.24. The maximum atomic E-state index is 3.57. The van der Waals surface area contributed by atoms with Gasteiger partial charge in [0.25, 0.3) is 0 Å². The molecule has 0 radical (unpaired) electrons. The first kappa shape index (κ1) is 7.87. The highest BCUT2D eigenvalue weighted by molar-refractivity contribution is 8.02. The van der Waals surface area contributed by atoms with Crippen molar-refractivity contribution in [3.63, 3.8) is 0 Å². The van der Waals surface area contributed by atoms with Crippen molar-refractivity contribution in [2.45, 2.75) is 13.8 Å². The molecule has 0 spiro atoms. The Kier molecular flexibility index (Phi) is 3.76. The Hall–Kier alpha value is -0.130. The van der Waals surface area contributed by atoms with Gasteiger partial charge in [0.2, 0.25) is 0 Å². The molecule has 0 bridgehead atoms. The summed E-state index contributed by atoms with van der Waals surface area (Å²) in [6, 6.07) is 0. The molecule has 0 N–H and O–H groups in total. The van der Waals surface area contributed by atoms with E-state index in [1.165, 1.54) is 4.91 Å². The average molecular weight is 128 g/mol. The summed E-state index contributed by atoms with van der Waals surface area (Å²) in [5, 5.41) is 0. The molecule has 0 aromatic carbocycles. The van der Waals surface area contributed by atoms with E-state index in [0.29, 0.717) is 5.92 Å². The predicted molar refractivity (Wildman–Crippen MR) is 41.0 cm³/mol. The maximum absolute atomic E-state index is 3.57. The van der Waals surface area contributed by atoms with Crippen LogP contribution in [0.15, 0.2) is 17.2 Å². The third-order valence-corrected chi connectivity index (χ3v) is 1.97. The van der Waals surface area contributed by atoms with Crippen molar-refractivity contribution in [1.82, 2.24) is 0 Å². The highest BCUT2D eigenvalue weighted by Crippen LogP contribution is 2.18. The molecular weight excluding hydrogens is 116 g/mol. The Balaban J connectivity index is 3.92. The number of thioether (sulfide) groups is 1. The highest BCUT2D eigenvalue weighted by atomic mass is 32.2. The van der Waals surface area contributed by atoms with E-state index in [-0.39, 0.29) is 0 Å². The Bertz CT molecular complexity index is 108. The molecule has 0 unspecified atom stereocenters. The van der Waals surface area contributed by atoms with Crippen molar-refractivity contribution < 1.29 is 0 Å². The summed E-state index contributed by atoms with van der Waals surface area (Å²) in [6.07, 6.45) is 2.05. The van der Waals surface area contributed by atoms with Gasteiger partial charge in [-0.05, 0) is 12.2 Å². The molecule has 0 saturated carbocycles. The molecule has 0 saturated heterocycles. The fraction of sp³-hybridized carbons (Fsp3) is 0.571. The van der Waals surface area contributed by atoms with Crippen LogP contribution in [0.5, 0.6) is 0 Å². The van der Waals surface area contributed by atoms with Crippen LogP contribution in [0.3, 0.4) is 0 Å². The normalized spacial score (nSPS) is 9.00. The molecular formula is C7H12S. The van der Waals surface area contributed by atoms with Crippen molar-refractivity contribution in [3.05, 3.63) is 17.2 Å². The van der Waals surface area contributed by atoms with Gasteiger partial charge in [0.15, 0.2) is 0 Å². The smallest absolute Gasteiger partial charge is 0.0282 e. The summed E-state index contributed by atoms with van der Waals surface area (Å²) in [6.45, 7) is 7.86. The van der Waals surface area contributed by atoms with Crippen LogP contribution >= 0.6 is 11.8 Å². The van der Waals surface area contributed by atoms with E-state index in [0.717, 1.165) is 0 Å². The van der Waals surface area contributed by atoms with Gasteiger partial charge in [0.1, 0.15) is 0 Å². The standard InChI is InChI=1S/C7H12S/c1-5-7(8-4)6(2)3/h6H,1H2,2-4H3. The lowest BCUT2D eigenvalue weighted by Gasteiger charge is -2.01. The summed E-state index contributed by atoms with van der Waals surface area (Å²) >= 11 is 1.72. The first-order valence-electron chi connectivity index (χ1n) is 2.66. The summed E-state index contributed by atoms with van der Waals surface area (Å²) in [5.74, 6) is 0.586. The van der Waals surface area contributed by atoms with Gasteiger partial charge >= 0.3 is 0 Å². The van der Waals surface area contributed by atoms with Gasteiger partial charge in [-0.1, -0.05) is 20.4 Å². The van der Waals surface area contributed by atoms with Crippen LogP contribution in [-0.4, -0.2) is 6.26 Å². The molecule has 0 nitrogen and oxygen atoms in total. The SMILES string of the molecule is C=C=C(SC)C(C)C. The van der Waals surface area contributed by atoms with E-state index >= 15 is 0 Å². The van der Waals surface area contributed by atoms with Crippen molar-refractivity contribution in [3.8, 4) is 0 Å². The molecule has 0 amide bonds. The minimum absolute atomic E-state index is 0.586. The first-order valence-corrected chi connectivity index (χ1v) is 3.88. The van der Waals surface area contributed by atoms with Gasteiger partial charge in [-0.15, -0.1) is 17.5 Å². The van der Waals surface area contributed by atoms with E-state index in [1.54, 1.807) is 11.8 Å². The Morgan fingerprint density at radius 2 is 2.12 bits per heavy atom. The molecule has 8 heavy (non-hydrogen) atoms. The van der Waals surface area contributed by atoms with Crippen molar-refractivity contribution in [2.24, 2.45) is 5.92 Å². The van der Waals surface area contributed by atoms with E-state index in [9.17, 15) is 0 Å². The topological polar surface area (TPSA) is 0 Å². The molecule has 1 heteroatoms. The second-order valence-electron chi connectivity index (χ2n) is 1.90. The van der Waals surface area contributed by atoms with E-state index in [1.807, 2.05) is 6.26 Å². The van der Waals surface area contributed by atoms with Crippen molar-refractivity contribution in [2.75, 3.05) is 6.26 Å². The van der Waals surface area contributed by atoms with Gasteiger partial charge < -0.3 is 0 Å². The molecule has 0 aliphatic carbocycles. The average Bonchev–Trinajstić information content (AvgIpc) is 1.69. The largest absolute Gasteiger partial charge is 0.125 e. The molecule has 0 fully saturated rings. The zero-order chi connectivity index (χ0) is 6.57. The lowest BCUT2D eigenvalue weighted by molar-refractivity contribution is 0.819. The second kappa shape index (κ2) is 3.82. The first-order chi connectivity index (χ1) is 3.72. The van der Waals surface area contributed by atoms with Gasteiger partial charge in [-0.3, -0.25) is 0 Å². The quantitative estimate of drug-likeness (QED) is 0.515. The minimum atomic E-state index is 0.586. The van der Waals surface area contributed by atoms with Crippen LogP contribution < -0.4 is 0 Å². The van der Waals surface area contributed by atoms with Crippen molar-refractivity contribution >= 4 is 11.8 Å². The highest BCUT2D eigenvalue weighted by Gasteiger charge is 1.96. The number of hydrogen-bond donors (Lipinski definition) is 0. The number of allylic oxidation sites excluding steroid dienone is 1. The fourth-order valence-corrected chi connectivity index (χ4v) is 1.13. The summed E-state index contributed by atoms with van der Waals surface area (Å²) in [5.41, 5.74) is 2.88. The maximum Gasteiger partial charge on any atom is 0.0282 e. The summed E-state index contributed by atoms with van der Waals surface area (Å²) in [7, 11) is 0. The van der Waals surface area contributed by atoms with E-state index in [2.05, 4.69) is 26.2 Å². The molecule has 0 aliphatic heterocycles. The zero-order valence-corrected chi connectivity index (χ0v) is 6.51. The lowest BCUT2D eigenvalue weighted by Crippen LogP contribution is -1.85.